The summed E-state index contributed by atoms with van der Waals surface area (Å²) >= 11 is 4.55. The summed E-state index contributed by atoms with van der Waals surface area (Å²) in [6, 6.07) is 0. The highest BCUT2D eigenvalue weighted by atomic mass is 32.1. The molecule has 1 aliphatic heterocycles. The average Bonchev–Trinajstić information content (AvgIpc) is 2.34. The van der Waals surface area contributed by atoms with E-state index in [1.54, 1.807) is 0 Å². The molecule has 1 saturated heterocycles. The first kappa shape index (κ1) is 7.43. The molecular formula is C5H9N3OS. The maximum absolute atomic E-state index is 5.14. The number of nitrogens with two attached hydrogens (primary N) is 1. The van der Waals surface area contributed by atoms with Gasteiger partial charge in [-0.15, -0.1) is 0 Å². The smallest absolute Gasteiger partial charge is 0.184 e. The number of nitrogens with zero attached hydrogens (tertiary/aromatic N) is 1. The van der Waals surface area contributed by atoms with Crippen molar-refractivity contribution in [1.29, 1.82) is 0 Å². The van der Waals surface area contributed by atoms with Crippen LogP contribution in [0.15, 0.2) is 5.10 Å². The molecule has 5 heteroatoms. The molecule has 0 unspecified atom stereocenters. The predicted molar refractivity (Wildman–Crippen MR) is 42.8 cm³/mol. The molecule has 0 aromatic carbocycles. The topological polar surface area (TPSA) is 59.6 Å². The molecule has 1 fully saturated rings. The van der Waals surface area contributed by atoms with Gasteiger partial charge in [0, 0.05) is 6.42 Å². The predicted octanol–water partition coefficient (Wildman–Crippen LogP) is -0.404. The van der Waals surface area contributed by atoms with Crippen LogP contribution in [-0.4, -0.2) is 24.0 Å². The first-order valence-corrected chi connectivity index (χ1v) is 3.38. The molecule has 1 aliphatic rings. The van der Waals surface area contributed by atoms with E-state index in [4.69, 9.17) is 10.5 Å². The fraction of sp³-hybridized carbons (Fsp3) is 0.600. The van der Waals surface area contributed by atoms with Gasteiger partial charge in [-0.2, -0.15) is 5.10 Å². The largest absolute Gasteiger partial charge is 0.375 e. The quantitative estimate of drug-likeness (QED) is 0.403. The fourth-order valence-electron chi connectivity index (χ4n) is 0.674. The second-order valence-electron chi connectivity index (χ2n) is 1.96. The highest BCUT2D eigenvalue weighted by Crippen LogP contribution is 1.97. The zero-order valence-electron chi connectivity index (χ0n) is 5.46. The van der Waals surface area contributed by atoms with Crippen molar-refractivity contribution >= 4 is 23.0 Å². The lowest BCUT2D eigenvalue weighted by Crippen LogP contribution is -2.25. The monoisotopic (exact) mass is 159 g/mol. The molecule has 10 heavy (non-hydrogen) atoms. The average molecular weight is 159 g/mol. The highest BCUT2D eigenvalue weighted by Gasteiger charge is 2.07. The number of ether oxygens (including phenoxy) is 1. The van der Waals surface area contributed by atoms with E-state index < -0.39 is 0 Å². The molecule has 0 saturated carbocycles. The maximum atomic E-state index is 5.14. The van der Waals surface area contributed by atoms with E-state index in [1.807, 2.05) is 0 Å². The fourth-order valence-corrected chi connectivity index (χ4v) is 0.720. The summed E-state index contributed by atoms with van der Waals surface area (Å²) < 4.78 is 5.03. The number of nitrogens with one attached hydrogen (secondary N) is 1. The Hall–Kier alpha value is -0.680. The molecule has 1 heterocycles. The zero-order chi connectivity index (χ0) is 7.40. The molecule has 3 N–H and O–H groups in total. The molecule has 4 nitrogen and oxygen atoms in total. The Bertz CT molecular complexity index is 160. The van der Waals surface area contributed by atoms with Crippen LogP contribution in [0.5, 0.6) is 0 Å². The van der Waals surface area contributed by atoms with Gasteiger partial charge in [-0.1, -0.05) is 0 Å². The van der Waals surface area contributed by atoms with Crippen LogP contribution in [-0.2, 0) is 4.74 Å². The van der Waals surface area contributed by atoms with Gasteiger partial charge in [0.05, 0.1) is 18.9 Å². The second-order valence-corrected chi connectivity index (χ2v) is 2.40. The molecule has 0 atom stereocenters. The lowest BCUT2D eigenvalue weighted by Gasteiger charge is -1.95. The van der Waals surface area contributed by atoms with Gasteiger partial charge in [-0.3, -0.25) is 5.43 Å². The summed E-state index contributed by atoms with van der Waals surface area (Å²) in [6.45, 7) is 1.34. The Morgan fingerprint density at radius 3 is 3.10 bits per heavy atom. The van der Waals surface area contributed by atoms with Crippen LogP contribution < -0.4 is 11.2 Å². The van der Waals surface area contributed by atoms with Crippen LogP contribution in [0.4, 0.5) is 0 Å². The number of hydrogen-bond acceptors (Lipinski definition) is 3. The van der Waals surface area contributed by atoms with Crippen molar-refractivity contribution in [2.45, 2.75) is 6.42 Å². The molecular weight excluding hydrogens is 150 g/mol. The summed E-state index contributed by atoms with van der Waals surface area (Å²) in [5, 5.41) is 4.09. The Kier molecular flexibility index (Phi) is 2.58. The Balaban J connectivity index is 2.31. The molecule has 0 amide bonds. The third kappa shape index (κ3) is 2.28. The minimum Gasteiger partial charge on any atom is -0.375 e. The highest BCUT2D eigenvalue weighted by molar-refractivity contribution is 7.80. The third-order valence-corrected chi connectivity index (χ3v) is 1.22. The molecule has 0 radical (unpaired) electrons. The van der Waals surface area contributed by atoms with E-state index in [9.17, 15) is 0 Å². The second kappa shape index (κ2) is 3.48. The van der Waals surface area contributed by atoms with Crippen molar-refractivity contribution in [3.63, 3.8) is 0 Å². The third-order valence-electron chi connectivity index (χ3n) is 1.13. The molecule has 0 bridgehead atoms. The van der Waals surface area contributed by atoms with Gasteiger partial charge in [0.1, 0.15) is 0 Å². The van der Waals surface area contributed by atoms with Crippen LogP contribution in [0.2, 0.25) is 0 Å². The van der Waals surface area contributed by atoms with Crippen LogP contribution in [0.3, 0.4) is 0 Å². The number of hydrazone groups is 1. The minimum atomic E-state index is 0.194. The maximum Gasteiger partial charge on any atom is 0.184 e. The summed E-state index contributed by atoms with van der Waals surface area (Å²) in [7, 11) is 0. The molecule has 0 spiro atoms. The van der Waals surface area contributed by atoms with Crippen molar-refractivity contribution in [3.8, 4) is 0 Å². The SMILES string of the molecule is NC(=S)NN=C1CCOC1. The summed E-state index contributed by atoms with van der Waals surface area (Å²) in [6.07, 6.45) is 0.871. The standard InChI is InChI=1S/C5H9N3OS/c6-5(10)8-7-4-1-2-9-3-4/h1-3H2,(H3,6,8,10). The van der Waals surface area contributed by atoms with E-state index in [1.165, 1.54) is 0 Å². The lowest BCUT2D eigenvalue weighted by atomic mass is 10.3. The molecule has 0 aromatic rings. The van der Waals surface area contributed by atoms with E-state index >= 15 is 0 Å². The first-order valence-electron chi connectivity index (χ1n) is 2.97. The lowest BCUT2D eigenvalue weighted by molar-refractivity contribution is 0.209. The normalized spacial score (nSPS) is 21.4. The van der Waals surface area contributed by atoms with Crippen LogP contribution in [0, 0.1) is 0 Å². The van der Waals surface area contributed by atoms with Crippen molar-refractivity contribution in [3.05, 3.63) is 0 Å². The Morgan fingerprint density at radius 2 is 2.60 bits per heavy atom. The molecule has 1 rings (SSSR count). The van der Waals surface area contributed by atoms with Gasteiger partial charge in [-0.25, -0.2) is 0 Å². The van der Waals surface area contributed by atoms with Crippen molar-refractivity contribution < 1.29 is 4.74 Å². The zero-order valence-corrected chi connectivity index (χ0v) is 6.28. The first-order chi connectivity index (χ1) is 4.79. The van der Waals surface area contributed by atoms with E-state index in [-0.39, 0.29) is 5.11 Å². The van der Waals surface area contributed by atoms with Gasteiger partial charge in [-0.05, 0) is 12.2 Å². The molecule has 56 valence electrons. The number of hydrogen-bond donors (Lipinski definition) is 2. The summed E-state index contributed by atoms with van der Waals surface area (Å²) in [4.78, 5) is 0. The molecule has 0 aliphatic carbocycles. The molecule has 0 aromatic heterocycles. The van der Waals surface area contributed by atoms with Gasteiger partial charge in [0.25, 0.3) is 0 Å². The van der Waals surface area contributed by atoms with E-state index in [2.05, 4.69) is 22.7 Å². The number of rotatable bonds is 1. The van der Waals surface area contributed by atoms with Gasteiger partial charge in [0.2, 0.25) is 0 Å². The van der Waals surface area contributed by atoms with Gasteiger partial charge >= 0.3 is 0 Å². The van der Waals surface area contributed by atoms with Crippen LogP contribution in [0.1, 0.15) is 6.42 Å². The van der Waals surface area contributed by atoms with Crippen molar-refractivity contribution in [2.24, 2.45) is 10.8 Å². The van der Waals surface area contributed by atoms with Crippen LogP contribution >= 0.6 is 12.2 Å². The minimum absolute atomic E-state index is 0.194. The summed E-state index contributed by atoms with van der Waals surface area (Å²) in [5.74, 6) is 0. The van der Waals surface area contributed by atoms with Crippen molar-refractivity contribution in [2.75, 3.05) is 13.2 Å². The van der Waals surface area contributed by atoms with Gasteiger partial charge in [0.15, 0.2) is 5.11 Å². The van der Waals surface area contributed by atoms with Gasteiger partial charge < -0.3 is 10.5 Å². The number of thiocarbonyl (C=S) groups is 1. The van der Waals surface area contributed by atoms with E-state index in [0.29, 0.717) is 6.61 Å². The van der Waals surface area contributed by atoms with E-state index in [0.717, 1.165) is 18.7 Å². The summed E-state index contributed by atoms with van der Waals surface area (Å²) in [5.41, 5.74) is 8.61. The van der Waals surface area contributed by atoms with Crippen molar-refractivity contribution in [1.82, 2.24) is 5.43 Å². The Morgan fingerprint density at radius 1 is 1.80 bits per heavy atom. The van der Waals surface area contributed by atoms with Crippen LogP contribution in [0.25, 0.3) is 0 Å². The Labute approximate surface area is 64.4 Å².